The molecular weight excluding hydrogens is 335 g/mol. The normalized spacial score (nSPS) is 16.6. The molecule has 22 heavy (non-hydrogen) atoms. The quantitative estimate of drug-likeness (QED) is 0.322. The molecule has 0 N–H and O–H groups in total. The molecule has 0 spiro atoms. The zero-order valence-corrected chi connectivity index (χ0v) is 17.3. The van der Waals surface area contributed by atoms with Crippen molar-refractivity contribution in [1.29, 1.82) is 0 Å². The summed E-state index contributed by atoms with van der Waals surface area (Å²) in [7, 11) is -4.14. The largest absolute Gasteiger partial charge is 1.00 e. The third kappa shape index (κ3) is 13.3. The number of hydrogen-bond donors (Lipinski definition) is 0. The summed E-state index contributed by atoms with van der Waals surface area (Å²) in [4.78, 5) is 11.8. The van der Waals surface area contributed by atoms with Gasteiger partial charge in [0.05, 0.1) is 13.2 Å². The van der Waals surface area contributed by atoms with E-state index in [-0.39, 0.29) is 34.9 Å². The predicted molar refractivity (Wildman–Crippen MR) is 86.1 cm³/mol. The van der Waals surface area contributed by atoms with Crippen molar-refractivity contribution in [3.8, 4) is 0 Å². The molecule has 0 aromatic carbocycles. The number of unbranched alkanes of at least 4 members (excludes halogenated alkanes) is 2. The number of rotatable bonds is 14. The molecule has 0 bridgehead atoms. The van der Waals surface area contributed by atoms with Crippen LogP contribution >= 0.6 is 7.82 Å². The van der Waals surface area contributed by atoms with Gasteiger partial charge in [-0.2, -0.15) is 0 Å². The molecule has 2 unspecified atom stereocenters. The molecule has 0 saturated carbocycles. The van der Waals surface area contributed by atoms with Crippen molar-refractivity contribution >= 4 is 7.82 Å². The van der Waals surface area contributed by atoms with Crippen molar-refractivity contribution in [2.75, 3.05) is 13.2 Å². The van der Waals surface area contributed by atoms with Gasteiger partial charge < -0.3 is 13.9 Å². The first-order valence-electron chi connectivity index (χ1n) is 8.59. The maximum atomic E-state index is 11.8. The van der Waals surface area contributed by atoms with E-state index in [1.54, 1.807) is 0 Å². The first-order chi connectivity index (χ1) is 9.99. The van der Waals surface area contributed by atoms with Gasteiger partial charge in [-0.1, -0.05) is 66.2 Å². The Bertz CT molecular complexity index is 265. The van der Waals surface area contributed by atoms with E-state index in [1.807, 2.05) is 0 Å². The Balaban J connectivity index is 0. The third-order valence-corrected chi connectivity index (χ3v) is 4.95. The molecule has 0 saturated heterocycles. The van der Waals surface area contributed by atoms with E-state index in [0.29, 0.717) is 11.8 Å². The Labute approximate surface area is 152 Å². The van der Waals surface area contributed by atoms with E-state index >= 15 is 0 Å². The van der Waals surface area contributed by atoms with Crippen molar-refractivity contribution in [2.45, 2.75) is 79.1 Å². The zero-order chi connectivity index (χ0) is 16.1. The molecule has 0 heterocycles. The minimum atomic E-state index is -4.14. The maximum Gasteiger partial charge on any atom is 1.00 e. The zero-order valence-electron chi connectivity index (χ0n) is 14.8. The van der Waals surface area contributed by atoms with Gasteiger partial charge in [0.1, 0.15) is 0 Å². The third-order valence-electron chi connectivity index (χ3n) is 4.02. The number of hydrogen-bond acceptors (Lipinski definition) is 4. The molecule has 4 nitrogen and oxygen atoms in total. The van der Waals surface area contributed by atoms with Crippen molar-refractivity contribution in [3.05, 3.63) is 0 Å². The van der Waals surface area contributed by atoms with Gasteiger partial charge in [-0.3, -0.25) is 4.57 Å². The molecule has 0 aromatic rings. The number of phosphoric acid groups is 1. The Morgan fingerprint density at radius 1 is 0.864 bits per heavy atom. The van der Waals surface area contributed by atoms with Gasteiger partial charge in [-0.15, -0.1) is 0 Å². The molecule has 0 aliphatic rings. The van der Waals surface area contributed by atoms with Crippen LogP contribution in [0.2, 0.25) is 0 Å². The molecule has 0 aromatic heterocycles. The summed E-state index contributed by atoms with van der Waals surface area (Å²) in [5.74, 6) is 0.607. The van der Waals surface area contributed by atoms with Gasteiger partial charge in [-0.05, 0) is 24.7 Å². The Morgan fingerprint density at radius 2 is 1.23 bits per heavy atom. The Hall–Kier alpha value is 0.824. The smallest absolute Gasteiger partial charge is 0.756 e. The predicted octanol–water partition coefficient (Wildman–Crippen LogP) is 4.92. The van der Waals surface area contributed by atoms with E-state index < -0.39 is 7.82 Å². The summed E-state index contributed by atoms with van der Waals surface area (Å²) >= 11 is 0. The van der Waals surface area contributed by atoms with E-state index in [9.17, 15) is 9.46 Å². The first kappa shape index (κ1) is 25.1. The van der Waals surface area contributed by atoms with E-state index in [4.69, 9.17) is 9.05 Å². The van der Waals surface area contributed by atoms with Gasteiger partial charge >= 0.3 is 21.7 Å². The summed E-state index contributed by atoms with van der Waals surface area (Å²) in [6, 6.07) is 0. The van der Waals surface area contributed by atoms with Crippen LogP contribution in [-0.4, -0.2) is 13.2 Å². The van der Waals surface area contributed by atoms with Crippen LogP contribution in [-0.2, 0) is 35.3 Å². The first-order valence-corrected chi connectivity index (χ1v) is 10.0. The summed E-state index contributed by atoms with van der Waals surface area (Å²) in [6.07, 6.45) is 8.38. The van der Waals surface area contributed by atoms with Gasteiger partial charge in [0.25, 0.3) is 7.82 Å². The van der Waals surface area contributed by atoms with Crippen LogP contribution in [0.1, 0.15) is 79.1 Å². The van der Waals surface area contributed by atoms with Crippen molar-refractivity contribution in [3.63, 3.8) is 0 Å². The van der Waals surface area contributed by atoms with Gasteiger partial charge in [0.2, 0.25) is 0 Å². The van der Waals surface area contributed by atoms with Gasteiger partial charge in [0, 0.05) is 0 Å². The topological polar surface area (TPSA) is 58.6 Å². The standard InChI is InChI=1S/C16H35O4P.Ti/c1-5-9-11-15(7-3)13-19-21(17,18)20-14-16(8-4)12-10-6-2;/h15-16H,5-14H2,1-4H3,(H,17,18);/q;+1/p-1. The van der Waals surface area contributed by atoms with Crippen LogP contribution in [0.3, 0.4) is 0 Å². The van der Waals surface area contributed by atoms with E-state index in [2.05, 4.69) is 27.7 Å². The van der Waals surface area contributed by atoms with Crippen LogP contribution in [0.15, 0.2) is 0 Å². The molecule has 0 amide bonds. The molecule has 2 atom stereocenters. The van der Waals surface area contributed by atoms with Crippen LogP contribution in [0.5, 0.6) is 0 Å². The average Bonchev–Trinajstić information content (AvgIpc) is 2.47. The Morgan fingerprint density at radius 3 is 1.50 bits per heavy atom. The fourth-order valence-corrected chi connectivity index (χ4v) is 3.09. The fourth-order valence-electron chi connectivity index (χ4n) is 2.23. The molecule has 0 aliphatic heterocycles. The average molecular weight is 369 g/mol. The molecule has 0 fully saturated rings. The summed E-state index contributed by atoms with van der Waals surface area (Å²) in [5, 5.41) is 0. The SMILES string of the molecule is CCCCC(CC)COP(=O)([O-])OCC(CC)CCCC.[Ti+]. The summed E-state index contributed by atoms with van der Waals surface area (Å²) in [6.45, 7) is 8.91. The maximum absolute atomic E-state index is 11.8. The van der Waals surface area contributed by atoms with Crippen LogP contribution in [0.25, 0.3) is 0 Å². The summed E-state index contributed by atoms with van der Waals surface area (Å²) in [5.41, 5.74) is 0. The molecule has 131 valence electrons. The summed E-state index contributed by atoms with van der Waals surface area (Å²) < 4.78 is 21.9. The van der Waals surface area contributed by atoms with E-state index in [1.165, 1.54) is 0 Å². The van der Waals surface area contributed by atoms with Crippen LogP contribution < -0.4 is 4.89 Å². The molecule has 0 aliphatic carbocycles. The Kier molecular flexibility index (Phi) is 17.5. The monoisotopic (exact) mass is 369 g/mol. The minimum Gasteiger partial charge on any atom is -0.756 e. The molecule has 0 rings (SSSR count). The van der Waals surface area contributed by atoms with Crippen LogP contribution in [0.4, 0.5) is 0 Å². The minimum absolute atomic E-state index is 0. The second-order valence-corrected chi connectivity index (χ2v) is 7.28. The van der Waals surface area contributed by atoms with Crippen molar-refractivity contribution in [2.24, 2.45) is 11.8 Å². The second kappa shape index (κ2) is 15.4. The fraction of sp³-hybridized carbons (Fsp3) is 1.00. The second-order valence-electron chi connectivity index (χ2n) is 5.87. The molecule has 6 heteroatoms. The van der Waals surface area contributed by atoms with Crippen molar-refractivity contribution < 1.29 is 40.2 Å². The van der Waals surface area contributed by atoms with Gasteiger partial charge in [0.15, 0.2) is 0 Å². The van der Waals surface area contributed by atoms with Crippen LogP contribution in [0, 0.1) is 11.8 Å². The molecular formula is C16H34O4PTi. The number of phosphoric ester groups is 1. The molecule has 1 radical (unpaired) electrons. The van der Waals surface area contributed by atoms with Gasteiger partial charge in [-0.25, -0.2) is 0 Å². The van der Waals surface area contributed by atoms with Crippen molar-refractivity contribution in [1.82, 2.24) is 0 Å². The van der Waals surface area contributed by atoms with E-state index in [0.717, 1.165) is 51.4 Å².